The van der Waals surface area contributed by atoms with E-state index in [-0.39, 0.29) is 17.0 Å². The molecule has 0 fully saturated rings. The summed E-state index contributed by atoms with van der Waals surface area (Å²) in [5.41, 5.74) is -0.456. The molecular formula is C24H16F4N6O. The zero-order valence-corrected chi connectivity index (χ0v) is 18.1. The number of amides is 1. The van der Waals surface area contributed by atoms with Crippen LogP contribution >= 0.6 is 0 Å². The molecule has 7 nitrogen and oxygen atoms in total. The number of carbonyl (C=O) groups is 1. The molecule has 2 aromatic carbocycles. The first-order chi connectivity index (χ1) is 16.7. The van der Waals surface area contributed by atoms with Gasteiger partial charge in [-0.15, -0.1) is 0 Å². The number of hydrogen-bond donors (Lipinski definition) is 1. The molecule has 11 heteroatoms. The highest BCUT2D eigenvalue weighted by Crippen LogP contribution is 2.33. The lowest BCUT2D eigenvalue weighted by atomic mass is 9.99. The van der Waals surface area contributed by atoms with E-state index < -0.39 is 29.5 Å². The Hall–Kier alpha value is -4.59. The van der Waals surface area contributed by atoms with Crippen LogP contribution < -0.4 is 5.32 Å². The van der Waals surface area contributed by atoms with E-state index in [1.165, 1.54) is 41.5 Å². The third kappa shape index (κ3) is 5.16. The van der Waals surface area contributed by atoms with Crippen LogP contribution in [0.25, 0.3) is 16.9 Å². The van der Waals surface area contributed by atoms with Gasteiger partial charge in [0, 0.05) is 11.8 Å². The smallest absolute Gasteiger partial charge is 0.342 e. The number of nitrogens with one attached hydrogen (secondary N) is 1. The average Bonchev–Trinajstić information content (AvgIpc) is 3.34. The number of pyridine rings is 1. The summed E-state index contributed by atoms with van der Waals surface area (Å²) in [5, 5.41) is 15.6. The summed E-state index contributed by atoms with van der Waals surface area (Å²) in [5.74, 6) is -0.681. The molecule has 2 aromatic heterocycles. The molecule has 0 saturated heterocycles. The number of aromatic nitrogens is 4. The molecule has 1 N–H and O–H groups in total. The average molecular weight is 480 g/mol. The normalized spacial score (nSPS) is 12.1. The minimum atomic E-state index is -4.70. The van der Waals surface area contributed by atoms with Gasteiger partial charge in [0.15, 0.2) is 11.6 Å². The molecule has 4 rings (SSSR count). The topological polar surface area (TPSA) is 96.5 Å². The largest absolute Gasteiger partial charge is 0.416 e. The lowest BCUT2D eigenvalue weighted by molar-refractivity contribution is -0.137. The third-order valence-electron chi connectivity index (χ3n) is 5.10. The molecule has 1 amide bonds. The van der Waals surface area contributed by atoms with E-state index in [4.69, 9.17) is 5.26 Å². The van der Waals surface area contributed by atoms with Gasteiger partial charge in [-0.05, 0) is 60.5 Å². The number of rotatable bonds is 5. The number of nitriles is 1. The molecule has 176 valence electrons. The van der Waals surface area contributed by atoms with Crippen molar-refractivity contribution < 1.29 is 22.4 Å². The Morgan fingerprint density at radius 3 is 2.43 bits per heavy atom. The number of alkyl halides is 3. The van der Waals surface area contributed by atoms with Crippen LogP contribution in [0.5, 0.6) is 0 Å². The van der Waals surface area contributed by atoms with Crippen LogP contribution in [0.3, 0.4) is 0 Å². The van der Waals surface area contributed by atoms with Crippen LogP contribution in [0.4, 0.5) is 17.6 Å². The van der Waals surface area contributed by atoms with Gasteiger partial charge in [-0.2, -0.15) is 28.2 Å². The van der Waals surface area contributed by atoms with Crippen molar-refractivity contribution in [3.8, 4) is 23.0 Å². The van der Waals surface area contributed by atoms with Crippen LogP contribution in [0.15, 0.2) is 67.1 Å². The van der Waals surface area contributed by atoms with Crippen LogP contribution in [0.2, 0.25) is 0 Å². The number of carbonyl (C=O) groups excluding carboxylic acids is 1. The molecule has 0 aliphatic heterocycles. The van der Waals surface area contributed by atoms with E-state index in [0.717, 1.165) is 24.3 Å². The van der Waals surface area contributed by atoms with Crippen molar-refractivity contribution in [2.24, 2.45) is 0 Å². The van der Waals surface area contributed by atoms with Crippen molar-refractivity contribution in [1.29, 1.82) is 5.26 Å². The molecule has 0 aliphatic carbocycles. The van der Waals surface area contributed by atoms with Gasteiger partial charge in [-0.25, -0.2) is 14.4 Å². The molecular weight excluding hydrogens is 464 g/mol. The van der Waals surface area contributed by atoms with E-state index in [1.807, 2.05) is 6.07 Å². The first kappa shape index (κ1) is 23.6. The first-order valence-corrected chi connectivity index (χ1v) is 10.2. The van der Waals surface area contributed by atoms with Gasteiger partial charge in [0.1, 0.15) is 18.2 Å². The summed E-state index contributed by atoms with van der Waals surface area (Å²) in [6.07, 6.45) is -2.10. The standard InChI is InChI=1S/C24H16F4N6O/c1-14(22-31-13-32-34(22)21-7-2-15(11-29)12-30-21)33-23(35)18-8-17(9-19(10-18)24(26,27)28)16-3-5-20(25)6-4-16/h2-10,12-14H,1H3,(H,33,35)/t14-/m1/s1. The predicted molar refractivity (Wildman–Crippen MR) is 117 cm³/mol. The molecule has 0 saturated carbocycles. The van der Waals surface area contributed by atoms with Gasteiger partial charge in [0.05, 0.1) is 17.2 Å². The number of hydrogen-bond acceptors (Lipinski definition) is 5. The van der Waals surface area contributed by atoms with Crippen molar-refractivity contribution in [2.75, 3.05) is 0 Å². The number of halogens is 4. The van der Waals surface area contributed by atoms with Crippen molar-refractivity contribution in [1.82, 2.24) is 25.1 Å². The van der Waals surface area contributed by atoms with Crippen molar-refractivity contribution >= 4 is 5.91 Å². The Morgan fingerprint density at radius 1 is 1.06 bits per heavy atom. The fraction of sp³-hybridized carbons (Fsp3) is 0.125. The molecule has 1 atom stereocenters. The third-order valence-corrected chi connectivity index (χ3v) is 5.10. The zero-order valence-electron chi connectivity index (χ0n) is 18.1. The predicted octanol–water partition coefficient (Wildman–Crippen LogP) is 4.85. The SMILES string of the molecule is C[C@@H](NC(=O)c1cc(-c2ccc(F)cc2)cc(C(F)(F)F)c1)c1ncnn1-c1ccc(C#N)cn1. The molecule has 0 aliphatic rings. The van der Waals surface area contributed by atoms with Crippen molar-refractivity contribution in [3.05, 3.63) is 95.5 Å². The van der Waals surface area contributed by atoms with Gasteiger partial charge in [-0.1, -0.05) is 12.1 Å². The second-order valence-corrected chi connectivity index (χ2v) is 7.55. The molecule has 35 heavy (non-hydrogen) atoms. The van der Waals surface area contributed by atoms with Gasteiger partial charge in [0.25, 0.3) is 5.91 Å². The summed E-state index contributed by atoms with van der Waals surface area (Å²) < 4.78 is 55.2. The lowest BCUT2D eigenvalue weighted by Crippen LogP contribution is -2.29. The Morgan fingerprint density at radius 2 is 1.80 bits per heavy atom. The fourth-order valence-electron chi connectivity index (χ4n) is 3.38. The number of nitrogens with zero attached hydrogens (tertiary/aromatic N) is 5. The summed E-state index contributed by atoms with van der Waals surface area (Å²) in [6, 6.07) is 12.2. The van der Waals surface area contributed by atoms with Crippen molar-refractivity contribution in [3.63, 3.8) is 0 Å². The monoisotopic (exact) mass is 480 g/mol. The Kier molecular flexibility index (Phi) is 6.29. The maximum atomic E-state index is 13.5. The summed E-state index contributed by atoms with van der Waals surface area (Å²) in [6.45, 7) is 1.59. The van der Waals surface area contributed by atoms with E-state index in [2.05, 4.69) is 20.4 Å². The van der Waals surface area contributed by atoms with E-state index in [0.29, 0.717) is 16.9 Å². The molecule has 0 bridgehead atoms. The molecule has 0 unspecified atom stereocenters. The van der Waals surface area contributed by atoms with Gasteiger partial charge >= 0.3 is 6.18 Å². The van der Waals surface area contributed by atoms with Gasteiger partial charge < -0.3 is 5.32 Å². The Bertz CT molecular complexity index is 1410. The van der Waals surface area contributed by atoms with Crippen LogP contribution in [0.1, 0.15) is 40.3 Å². The Balaban J connectivity index is 1.64. The summed E-state index contributed by atoms with van der Waals surface area (Å²) in [4.78, 5) is 21.2. The minimum absolute atomic E-state index is 0.113. The van der Waals surface area contributed by atoms with Crippen LogP contribution in [-0.2, 0) is 6.18 Å². The molecule has 4 aromatic rings. The van der Waals surface area contributed by atoms with Crippen molar-refractivity contribution in [2.45, 2.75) is 19.1 Å². The summed E-state index contributed by atoms with van der Waals surface area (Å²) >= 11 is 0. The second kappa shape index (κ2) is 9.34. The highest BCUT2D eigenvalue weighted by molar-refractivity contribution is 5.96. The van der Waals surface area contributed by atoms with Gasteiger partial charge in [-0.3, -0.25) is 4.79 Å². The highest BCUT2D eigenvalue weighted by Gasteiger charge is 2.32. The quantitative estimate of drug-likeness (QED) is 0.412. The van der Waals surface area contributed by atoms with E-state index in [1.54, 1.807) is 13.0 Å². The maximum absolute atomic E-state index is 13.5. The van der Waals surface area contributed by atoms with E-state index >= 15 is 0 Å². The maximum Gasteiger partial charge on any atom is 0.416 e. The number of benzene rings is 2. The molecule has 2 heterocycles. The minimum Gasteiger partial charge on any atom is -0.342 e. The van der Waals surface area contributed by atoms with Gasteiger partial charge in [0.2, 0.25) is 0 Å². The van der Waals surface area contributed by atoms with Crippen LogP contribution in [0, 0.1) is 17.1 Å². The Labute approximate surface area is 196 Å². The second-order valence-electron chi connectivity index (χ2n) is 7.55. The van der Waals surface area contributed by atoms with Crippen LogP contribution in [-0.4, -0.2) is 25.7 Å². The molecule has 0 radical (unpaired) electrons. The summed E-state index contributed by atoms with van der Waals surface area (Å²) in [7, 11) is 0. The molecule has 0 spiro atoms. The zero-order chi connectivity index (χ0) is 25.2. The van der Waals surface area contributed by atoms with E-state index in [9.17, 15) is 22.4 Å². The first-order valence-electron chi connectivity index (χ1n) is 10.2. The highest BCUT2D eigenvalue weighted by atomic mass is 19.4. The lowest BCUT2D eigenvalue weighted by Gasteiger charge is -2.16. The fourth-order valence-corrected chi connectivity index (χ4v) is 3.38.